The van der Waals surface area contributed by atoms with Crippen LogP contribution in [0.1, 0.15) is 36.6 Å². The fraction of sp³-hybridized carbons (Fsp3) is 0.462. The maximum Gasteiger partial charge on any atom is 0.106 e. The van der Waals surface area contributed by atoms with Gasteiger partial charge in [-0.05, 0) is 26.8 Å². The average molecular weight is 245 g/mol. The van der Waals surface area contributed by atoms with E-state index in [0.717, 1.165) is 36.6 Å². The molecule has 0 aliphatic heterocycles. The molecule has 0 aliphatic rings. The van der Waals surface area contributed by atoms with Gasteiger partial charge in [0, 0.05) is 37.3 Å². The predicted octanol–water partition coefficient (Wildman–Crippen LogP) is 1.79. The van der Waals surface area contributed by atoms with Crippen molar-refractivity contribution in [2.45, 2.75) is 32.7 Å². The second kappa shape index (κ2) is 6.26. The van der Waals surface area contributed by atoms with E-state index in [4.69, 9.17) is 0 Å². The van der Waals surface area contributed by atoms with Gasteiger partial charge in [0.1, 0.15) is 5.82 Å². The number of aryl methyl sites for hydroxylation is 2. The molecule has 2 heterocycles. The van der Waals surface area contributed by atoms with Crippen LogP contribution in [-0.2, 0) is 6.42 Å². The molecule has 0 radical (unpaired) electrons. The zero-order chi connectivity index (χ0) is 12.8. The molecular formula is C13H19N5. The van der Waals surface area contributed by atoms with Crippen LogP contribution in [0.5, 0.6) is 0 Å². The third-order valence-corrected chi connectivity index (χ3v) is 2.93. The van der Waals surface area contributed by atoms with Crippen LogP contribution in [0, 0.1) is 6.92 Å². The molecule has 96 valence electrons. The first-order valence-corrected chi connectivity index (χ1v) is 6.26. The van der Waals surface area contributed by atoms with Crippen LogP contribution in [0.25, 0.3) is 0 Å². The number of hydrogen-bond donors (Lipinski definition) is 2. The van der Waals surface area contributed by atoms with E-state index in [1.807, 2.05) is 13.1 Å². The Balaban J connectivity index is 1.75. The molecule has 0 bridgehead atoms. The van der Waals surface area contributed by atoms with Crippen molar-refractivity contribution in [3.8, 4) is 0 Å². The van der Waals surface area contributed by atoms with Crippen molar-refractivity contribution >= 4 is 0 Å². The lowest BCUT2D eigenvalue weighted by Crippen LogP contribution is -2.22. The van der Waals surface area contributed by atoms with E-state index in [0.29, 0.717) is 0 Å². The molecule has 5 nitrogen and oxygen atoms in total. The second-order valence-electron chi connectivity index (χ2n) is 4.34. The molecule has 2 N–H and O–H groups in total. The number of H-pyrrole nitrogens is 1. The minimum absolute atomic E-state index is 0.232. The summed E-state index contributed by atoms with van der Waals surface area (Å²) in [4.78, 5) is 15.9. The van der Waals surface area contributed by atoms with E-state index in [1.165, 1.54) is 0 Å². The summed E-state index contributed by atoms with van der Waals surface area (Å²) in [5, 5.41) is 3.46. The Hall–Kier alpha value is -1.75. The third-order valence-electron chi connectivity index (χ3n) is 2.93. The fourth-order valence-corrected chi connectivity index (χ4v) is 1.95. The van der Waals surface area contributed by atoms with Gasteiger partial charge >= 0.3 is 0 Å². The Morgan fingerprint density at radius 3 is 2.78 bits per heavy atom. The van der Waals surface area contributed by atoms with Crippen molar-refractivity contribution < 1.29 is 0 Å². The molecule has 0 fully saturated rings. The van der Waals surface area contributed by atoms with Crippen molar-refractivity contribution in [3.63, 3.8) is 0 Å². The van der Waals surface area contributed by atoms with Crippen LogP contribution in [-0.4, -0.2) is 26.5 Å². The lowest BCUT2D eigenvalue weighted by molar-refractivity contribution is 0.539. The van der Waals surface area contributed by atoms with E-state index in [1.54, 1.807) is 18.6 Å². The van der Waals surface area contributed by atoms with Gasteiger partial charge in [0.2, 0.25) is 0 Å². The number of rotatable bonds is 6. The van der Waals surface area contributed by atoms with Crippen molar-refractivity contribution in [3.05, 3.63) is 42.0 Å². The Morgan fingerprint density at radius 2 is 2.06 bits per heavy atom. The van der Waals surface area contributed by atoms with Crippen LogP contribution in [0.3, 0.4) is 0 Å². The molecule has 1 unspecified atom stereocenters. The quantitative estimate of drug-likeness (QED) is 0.761. The van der Waals surface area contributed by atoms with Gasteiger partial charge in [-0.1, -0.05) is 0 Å². The molecule has 0 amide bonds. The summed E-state index contributed by atoms with van der Waals surface area (Å²) in [6, 6.07) is 0.232. The molecule has 0 saturated heterocycles. The lowest BCUT2D eigenvalue weighted by Gasteiger charge is -2.14. The zero-order valence-corrected chi connectivity index (χ0v) is 10.8. The molecular weight excluding hydrogens is 226 g/mol. The van der Waals surface area contributed by atoms with Gasteiger partial charge in [-0.2, -0.15) is 0 Å². The van der Waals surface area contributed by atoms with Gasteiger partial charge < -0.3 is 10.3 Å². The van der Waals surface area contributed by atoms with Gasteiger partial charge in [0.15, 0.2) is 0 Å². The van der Waals surface area contributed by atoms with Crippen LogP contribution in [0.4, 0.5) is 0 Å². The molecule has 5 heteroatoms. The normalized spacial score (nSPS) is 12.6. The average Bonchev–Trinajstić information content (AvgIpc) is 2.88. The van der Waals surface area contributed by atoms with Crippen LogP contribution >= 0.6 is 0 Å². The molecule has 2 rings (SSSR count). The highest BCUT2D eigenvalue weighted by Crippen LogP contribution is 2.11. The smallest absolute Gasteiger partial charge is 0.106 e. The van der Waals surface area contributed by atoms with Crippen molar-refractivity contribution in [2.75, 3.05) is 6.54 Å². The van der Waals surface area contributed by atoms with E-state index in [2.05, 4.69) is 32.2 Å². The molecule has 0 saturated carbocycles. The van der Waals surface area contributed by atoms with E-state index < -0.39 is 0 Å². The maximum atomic E-state index is 4.36. The van der Waals surface area contributed by atoms with Crippen molar-refractivity contribution in [2.24, 2.45) is 0 Å². The molecule has 0 spiro atoms. The first-order valence-electron chi connectivity index (χ1n) is 6.26. The molecule has 0 aromatic carbocycles. The van der Waals surface area contributed by atoms with Gasteiger partial charge in [0.05, 0.1) is 11.4 Å². The Kier molecular flexibility index (Phi) is 4.41. The number of aromatic nitrogens is 4. The van der Waals surface area contributed by atoms with E-state index in [-0.39, 0.29) is 6.04 Å². The standard InChI is InChI=1S/C13H19N5/c1-10(13-11(2)15-6-9-18-13)14-5-3-4-12-16-7-8-17-12/h6-10,14H,3-5H2,1-2H3,(H,16,17). The SMILES string of the molecule is Cc1nccnc1C(C)NCCCc1ncc[nH]1. The molecule has 2 aromatic heterocycles. The lowest BCUT2D eigenvalue weighted by atomic mass is 10.2. The minimum Gasteiger partial charge on any atom is -0.349 e. The molecule has 1 atom stereocenters. The van der Waals surface area contributed by atoms with Crippen LogP contribution in [0.15, 0.2) is 24.8 Å². The van der Waals surface area contributed by atoms with Crippen molar-refractivity contribution in [1.29, 1.82) is 0 Å². The highest BCUT2D eigenvalue weighted by molar-refractivity contribution is 5.12. The summed E-state index contributed by atoms with van der Waals surface area (Å²) in [7, 11) is 0. The topological polar surface area (TPSA) is 66.5 Å². The third kappa shape index (κ3) is 3.37. The summed E-state index contributed by atoms with van der Waals surface area (Å²) in [6.45, 7) is 5.05. The summed E-state index contributed by atoms with van der Waals surface area (Å²) in [5.41, 5.74) is 2.01. The number of imidazole rings is 1. The minimum atomic E-state index is 0.232. The monoisotopic (exact) mass is 245 g/mol. The Morgan fingerprint density at radius 1 is 1.22 bits per heavy atom. The Bertz CT molecular complexity index is 466. The first kappa shape index (κ1) is 12.7. The predicted molar refractivity (Wildman–Crippen MR) is 70.1 cm³/mol. The van der Waals surface area contributed by atoms with Gasteiger partial charge in [-0.15, -0.1) is 0 Å². The number of aromatic amines is 1. The largest absolute Gasteiger partial charge is 0.349 e. The highest BCUT2D eigenvalue weighted by Gasteiger charge is 2.09. The van der Waals surface area contributed by atoms with E-state index >= 15 is 0 Å². The van der Waals surface area contributed by atoms with Gasteiger partial charge in [-0.3, -0.25) is 9.97 Å². The van der Waals surface area contributed by atoms with Crippen LogP contribution in [0.2, 0.25) is 0 Å². The highest BCUT2D eigenvalue weighted by atomic mass is 14.9. The molecule has 2 aromatic rings. The number of nitrogens with zero attached hydrogens (tertiary/aromatic N) is 3. The maximum absolute atomic E-state index is 4.36. The van der Waals surface area contributed by atoms with Gasteiger partial charge in [-0.25, -0.2) is 4.98 Å². The van der Waals surface area contributed by atoms with Crippen LogP contribution < -0.4 is 5.32 Å². The fourth-order valence-electron chi connectivity index (χ4n) is 1.95. The first-order chi connectivity index (χ1) is 8.77. The summed E-state index contributed by atoms with van der Waals surface area (Å²) < 4.78 is 0. The summed E-state index contributed by atoms with van der Waals surface area (Å²) in [6.07, 6.45) is 9.12. The van der Waals surface area contributed by atoms with E-state index in [9.17, 15) is 0 Å². The van der Waals surface area contributed by atoms with Crippen molar-refractivity contribution in [1.82, 2.24) is 25.3 Å². The summed E-state index contributed by atoms with van der Waals surface area (Å²) >= 11 is 0. The Labute approximate surface area is 107 Å². The second-order valence-corrected chi connectivity index (χ2v) is 4.34. The zero-order valence-electron chi connectivity index (χ0n) is 10.8. The number of nitrogens with one attached hydrogen (secondary N) is 2. The summed E-state index contributed by atoms with van der Waals surface area (Å²) in [5.74, 6) is 1.04. The van der Waals surface area contributed by atoms with Gasteiger partial charge in [0.25, 0.3) is 0 Å². The molecule has 0 aliphatic carbocycles. The molecule has 18 heavy (non-hydrogen) atoms. The number of hydrogen-bond acceptors (Lipinski definition) is 4.